The number of carbonyl (C=O) groups is 2. The van der Waals surface area contributed by atoms with E-state index in [4.69, 9.17) is 0 Å². The first-order chi connectivity index (χ1) is 16.2. The highest BCUT2D eigenvalue weighted by atomic mass is 16.2. The van der Waals surface area contributed by atoms with Crippen molar-refractivity contribution in [3.63, 3.8) is 0 Å². The molecular formula is C24H33N7O2. The van der Waals surface area contributed by atoms with Crippen LogP contribution in [0, 0.1) is 5.92 Å². The largest absolute Gasteiger partial charge is 0.371 e. The van der Waals surface area contributed by atoms with Crippen LogP contribution in [0.3, 0.4) is 0 Å². The molecule has 3 aliphatic heterocycles. The van der Waals surface area contributed by atoms with E-state index in [2.05, 4.69) is 32.8 Å². The maximum absolute atomic E-state index is 12.8. The summed E-state index contributed by atoms with van der Waals surface area (Å²) in [7, 11) is 0. The minimum Gasteiger partial charge on any atom is -0.371 e. The number of nitrogens with zero attached hydrogens (tertiary/aromatic N) is 5. The van der Waals surface area contributed by atoms with Crippen LogP contribution in [-0.4, -0.2) is 96.8 Å². The number of carbonyl (C=O) groups excluding carboxylic acids is 2. The van der Waals surface area contributed by atoms with E-state index >= 15 is 0 Å². The Labute approximate surface area is 194 Å². The Balaban J connectivity index is 1.17. The zero-order chi connectivity index (χ0) is 22.6. The number of benzene rings is 1. The quantitative estimate of drug-likeness (QED) is 0.707. The van der Waals surface area contributed by atoms with Crippen LogP contribution in [-0.2, 0) is 4.79 Å². The lowest BCUT2D eigenvalue weighted by molar-refractivity contribution is -0.136. The van der Waals surface area contributed by atoms with Gasteiger partial charge in [0.2, 0.25) is 5.91 Å². The molecule has 3 fully saturated rings. The Morgan fingerprint density at radius 2 is 1.36 bits per heavy atom. The van der Waals surface area contributed by atoms with Gasteiger partial charge in [0.1, 0.15) is 0 Å². The van der Waals surface area contributed by atoms with Gasteiger partial charge in [-0.2, -0.15) is 5.10 Å². The number of anilines is 1. The second kappa shape index (κ2) is 9.93. The van der Waals surface area contributed by atoms with Gasteiger partial charge in [0, 0.05) is 83.2 Å². The molecule has 0 bridgehead atoms. The molecule has 0 spiro atoms. The summed E-state index contributed by atoms with van der Waals surface area (Å²) in [5.41, 5.74) is 2.72. The third-order valence-electron chi connectivity index (χ3n) is 6.99. The number of hydrogen-bond acceptors (Lipinski definition) is 6. The molecule has 176 valence electrons. The molecule has 5 rings (SSSR count). The minimum absolute atomic E-state index is 0.0394. The van der Waals surface area contributed by atoms with E-state index in [1.54, 1.807) is 10.9 Å². The SMILES string of the molecule is O=C(c1cnn(-c2ccc(N3CCC(C(=O)N4CCNCC4)CC3)cc2)c1)N1CCNCC1. The zero-order valence-electron chi connectivity index (χ0n) is 19.1. The lowest BCUT2D eigenvalue weighted by atomic mass is 9.94. The highest BCUT2D eigenvalue weighted by Crippen LogP contribution is 2.26. The standard InChI is InChI=1S/C24H33N7O2/c32-23(29-13-7-25-8-14-29)19-5-11-28(12-6-19)21-1-3-22(4-2-21)31-18-20(17-27-31)24(33)30-15-9-26-10-16-30/h1-4,17-19,25-26H,5-16H2. The molecule has 1 aromatic carbocycles. The van der Waals surface area contributed by atoms with Crippen LogP contribution in [0.1, 0.15) is 23.2 Å². The molecule has 0 unspecified atom stereocenters. The van der Waals surface area contributed by atoms with Gasteiger partial charge in [-0.05, 0) is 37.1 Å². The lowest BCUT2D eigenvalue weighted by Crippen LogP contribution is -2.50. The summed E-state index contributed by atoms with van der Waals surface area (Å²) in [6.07, 6.45) is 5.27. The van der Waals surface area contributed by atoms with Crippen LogP contribution in [0.15, 0.2) is 36.7 Å². The fourth-order valence-corrected chi connectivity index (χ4v) is 4.97. The van der Waals surface area contributed by atoms with Gasteiger partial charge in [-0.15, -0.1) is 0 Å². The summed E-state index contributed by atoms with van der Waals surface area (Å²) in [4.78, 5) is 31.7. The molecule has 2 N–H and O–H groups in total. The van der Waals surface area contributed by atoms with Crippen LogP contribution in [0.4, 0.5) is 5.69 Å². The third kappa shape index (κ3) is 4.89. The highest BCUT2D eigenvalue weighted by molar-refractivity contribution is 5.94. The number of nitrogens with one attached hydrogen (secondary N) is 2. The fourth-order valence-electron chi connectivity index (χ4n) is 4.97. The smallest absolute Gasteiger partial charge is 0.257 e. The Morgan fingerprint density at radius 3 is 2.00 bits per heavy atom. The van der Waals surface area contributed by atoms with Crippen molar-refractivity contribution in [2.75, 3.05) is 70.3 Å². The number of piperidine rings is 1. The van der Waals surface area contributed by atoms with Crippen molar-refractivity contribution in [1.29, 1.82) is 0 Å². The van der Waals surface area contributed by atoms with Gasteiger partial charge in [0.25, 0.3) is 5.91 Å². The Morgan fingerprint density at radius 1 is 0.788 bits per heavy atom. The molecular weight excluding hydrogens is 418 g/mol. The van der Waals surface area contributed by atoms with Crippen LogP contribution >= 0.6 is 0 Å². The third-order valence-corrected chi connectivity index (χ3v) is 6.99. The molecule has 3 aliphatic rings. The second-order valence-electron chi connectivity index (χ2n) is 9.07. The van der Waals surface area contributed by atoms with E-state index < -0.39 is 0 Å². The summed E-state index contributed by atoms with van der Waals surface area (Å²) in [6.45, 7) is 8.39. The maximum atomic E-state index is 12.8. The molecule has 33 heavy (non-hydrogen) atoms. The summed E-state index contributed by atoms with van der Waals surface area (Å²) in [6, 6.07) is 8.29. The predicted molar refractivity (Wildman–Crippen MR) is 127 cm³/mol. The van der Waals surface area contributed by atoms with Crippen LogP contribution in [0.25, 0.3) is 5.69 Å². The average Bonchev–Trinajstić information content (AvgIpc) is 3.39. The van der Waals surface area contributed by atoms with Crippen molar-refractivity contribution < 1.29 is 9.59 Å². The summed E-state index contributed by atoms with van der Waals surface area (Å²) < 4.78 is 1.76. The summed E-state index contributed by atoms with van der Waals surface area (Å²) in [5.74, 6) is 0.517. The van der Waals surface area contributed by atoms with Crippen LogP contribution in [0.5, 0.6) is 0 Å². The fraction of sp³-hybridized carbons (Fsp3) is 0.542. The minimum atomic E-state index is 0.0394. The van der Waals surface area contributed by atoms with Crippen molar-refractivity contribution in [2.24, 2.45) is 5.92 Å². The van der Waals surface area contributed by atoms with E-state index in [0.29, 0.717) is 11.5 Å². The number of aromatic nitrogens is 2. The number of rotatable bonds is 4. The topological polar surface area (TPSA) is 85.7 Å². The zero-order valence-corrected chi connectivity index (χ0v) is 19.1. The Bertz CT molecular complexity index is 953. The summed E-state index contributed by atoms with van der Waals surface area (Å²) in [5, 5.41) is 11.0. The van der Waals surface area contributed by atoms with Gasteiger partial charge in [0.15, 0.2) is 0 Å². The molecule has 0 saturated carbocycles. The first-order valence-corrected chi connectivity index (χ1v) is 12.1. The predicted octanol–water partition coefficient (Wildman–Crippen LogP) is 0.566. The Hall–Kier alpha value is -2.91. The normalized spacial score (nSPS) is 20.2. The molecule has 0 atom stereocenters. The van der Waals surface area contributed by atoms with E-state index in [0.717, 1.165) is 89.7 Å². The lowest BCUT2D eigenvalue weighted by Gasteiger charge is -2.36. The van der Waals surface area contributed by atoms with Crippen LogP contribution < -0.4 is 15.5 Å². The van der Waals surface area contributed by atoms with Crippen LogP contribution in [0.2, 0.25) is 0 Å². The molecule has 4 heterocycles. The first kappa shape index (κ1) is 21.9. The highest BCUT2D eigenvalue weighted by Gasteiger charge is 2.29. The van der Waals surface area contributed by atoms with E-state index in [9.17, 15) is 9.59 Å². The van der Waals surface area contributed by atoms with E-state index in [-0.39, 0.29) is 11.8 Å². The van der Waals surface area contributed by atoms with Gasteiger partial charge in [-0.1, -0.05) is 0 Å². The van der Waals surface area contributed by atoms with Crippen molar-refractivity contribution in [2.45, 2.75) is 12.8 Å². The maximum Gasteiger partial charge on any atom is 0.257 e. The van der Waals surface area contributed by atoms with Gasteiger partial charge in [0.05, 0.1) is 17.4 Å². The molecule has 2 aromatic rings. The molecule has 1 aromatic heterocycles. The molecule has 0 aliphatic carbocycles. The van der Waals surface area contributed by atoms with E-state index in [1.807, 2.05) is 28.1 Å². The number of amides is 2. The monoisotopic (exact) mass is 451 g/mol. The Kier molecular flexibility index (Phi) is 6.59. The number of piperazine rings is 2. The molecule has 2 amide bonds. The first-order valence-electron chi connectivity index (χ1n) is 12.1. The second-order valence-corrected chi connectivity index (χ2v) is 9.07. The summed E-state index contributed by atoms with van der Waals surface area (Å²) >= 11 is 0. The van der Waals surface area contributed by atoms with Gasteiger partial charge < -0.3 is 25.3 Å². The van der Waals surface area contributed by atoms with Gasteiger partial charge in [-0.25, -0.2) is 4.68 Å². The van der Waals surface area contributed by atoms with E-state index in [1.165, 1.54) is 0 Å². The average molecular weight is 452 g/mol. The van der Waals surface area contributed by atoms with Gasteiger partial charge >= 0.3 is 0 Å². The van der Waals surface area contributed by atoms with Crippen molar-refractivity contribution in [1.82, 2.24) is 30.2 Å². The number of hydrogen-bond donors (Lipinski definition) is 2. The molecule has 9 heteroatoms. The molecule has 9 nitrogen and oxygen atoms in total. The molecule has 0 radical (unpaired) electrons. The van der Waals surface area contributed by atoms with Crippen molar-refractivity contribution in [3.8, 4) is 5.69 Å². The van der Waals surface area contributed by atoms with Gasteiger partial charge in [-0.3, -0.25) is 9.59 Å². The van der Waals surface area contributed by atoms with Crippen molar-refractivity contribution in [3.05, 3.63) is 42.2 Å². The van der Waals surface area contributed by atoms with Crippen molar-refractivity contribution >= 4 is 17.5 Å². The molecule has 3 saturated heterocycles.